The van der Waals surface area contributed by atoms with Crippen LogP contribution in [0.3, 0.4) is 0 Å². The highest BCUT2D eigenvalue weighted by Crippen LogP contribution is 2.26. The van der Waals surface area contributed by atoms with Crippen molar-refractivity contribution in [2.24, 2.45) is 0 Å². The summed E-state index contributed by atoms with van der Waals surface area (Å²) in [5, 5.41) is 3.33. The SMILES string of the molecule is CN(Cc1ccc(Cl)c(Cl)c1)C(=O)NCc1ccccc1OC(F)(F)F. The van der Waals surface area contributed by atoms with Gasteiger partial charge in [-0.15, -0.1) is 13.2 Å². The van der Waals surface area contributed by atoms with Crippen molar-refractivity contribution in [3.05, 3.63) is 63.6 Å². The summed E-state index contributed by atoms with van der Waals surface area (Å²) >= 11 is 11.8. The Morgan fingerprint density at radius 1 is 1.15 bits per heavy atom. The fraction of sp³-hybridized carbons (Fsp3) is 0.235. The fourth-order valence-corrected chi connectivity index (χ4v) is 2.48. The number of hydrogen-bond acceptors (Lipinski definition) is 2. The second-order valence-corrected chi connectivity index (χ2v) is 6.23. The first-order valence-electron chi connectivity index (χ1n) is 7.42. The van der Waals surface area contributed by atoms with Crippen LogP contribution >= 0.6 is 23.2 Å². The third-order valence-corrected chi connectivity index (χ3v) is 4.12. The highest BCUT2D eigenvalue weighted by molar-refractivity contribution is 6.42. The Kier molecular flexibility index (Phi) is 6.61. The maximum absolute atomic E-state index is 12.4. The minimum Gasteiger partial charge on any atom is -0.405 e. The van der Waals surface area contributed by atoms with Crippen LogP contribution < -0.4 is 10.1 Å². The normalized spacial score (nSPS) is 11.2. The summed E-state index contributed by atoms with van der Waals surface area (Å²) in [4.78, 5) is 13.5. The van der Waals surface area contributed by atoms with Gasteiger partial charge in [-0.1, -0.05) is 47.5 Å². The molecule has 140 valence electrons. The molecule has 0 aliphatic carbocycles. The number of carbonyl (C=O) groups is 1. The molecule has 0 bridgehead atoms. The number of benzene rings is 2. The molecule has 2 amide bonds. The van der Waals surface area contributed by atoms with Gasteiger partial charge in [0, 0.05) is 25.7 Å². The van der Waals surface area contributed by atoms with E-state index in [1.165, 1.54) is 23.1 Å². The zero-order valence-electron chi connectivity index (χ0n) is 13.6. The predicted molar refractivity (Wildman–Crippen MR) is 93.3 cm³/mol. The second kappa shape index (κ2) is 8.51. The number of urea groups is 1. The molecule has 2 aromatic carbocycles. The van der Waals surface area contributed by atoms with E-state index in [1.54, 1.807) is 31.3 Å². The summed E-state index contributed by atoms with van der Waals surface area (Å²) in [6.07, 6.45) is -4.80. The van der Waals surface area contributed by atoms with Gasteiger partial charge in [0.2, 0.25) is 0 Å². The van der Waals surface area contributed by atoms with Crippen LogP contribution in [0.25, 0.3) is 0 Å². The molecule has 9 heteroatoms. The highest BCUT2D eigenvalue weighted by atomic mass is 35.5. The molecule has 0 saturated heterocycles. The Balaban J connectivity index is 1.96. The lowest BCUT2D eigenvalue weighted by atomic mass is 10.2. The van der Waals surface area contributed by atoms with Crippen molar-refractivity contribution in [1.82, 2.24) is 10.2 Å². The first-order valence-corrected chi connectivity index (χ1v) is 8.18. The van der Waals surface area contributed by atoms with Gasteiger partial charge < -0.3 is 15.0 Å². The smallest absolute Gasteiger partial charge is 0.405 e. The van der Waals surface area contributed by atoms with Crippen molar-refractivity contribution in [2.75, 3.05) is 7.05 Å². The predicted octanol–water partition coefficient (Wildman–Crippen LogP) is 5.23. The minimum atomic E-state index is -4.80. The van der Waals surface area contributed by atoms with E-state index < -0.39 is 12.4 Å². The molecule has 0 atom stereocenters. The van der Waals surface area contributed by atoms with E-state index in [0.717, 1.165) is 5.56 Å². The lowest BCUT2D eigenvalue weighted by molar-refractivity contribution is -0.274. The first-order chi connectivity index (χ1) is 12.2. The third-order valence-electron chi connectivity index (χ3n) is 3.38. The maximum atomic E-state index is 12.4. The molecule has 0 aromatic heterocycles. The Morgan fingerprint density at radius 2 is 1.85 bits per heavy atom. The molecule has 0 fully saturated rings. The lowest BCUT2D eigenvalue weighted by Gasteiger charge is -2.19. The number of ether oxygens (including phenoxy) is 1. The number of carbonyl (C=O) groups excluding carboxylic acids is 1. The van der Waals surface area contributed by atoms with Crippen LogP contribution in [0.4, 0.5) is 18.0 Å². The Hall–Kier alpha value is -2.12. The van der Waals surface area contributed by atoms with Crippen LogP contribution in [0.2, 0.25) is 10.0 Å². The molecular formula is C17H15Cl2F3N2O2. The Morgan fingerprint density at radius 3 is 2.50 bits per heavy atom. The van der Waals surface area contributed by atoms with E-state index in [1.807, 2.05) is 0 Å². The number of halogens is 5. The standard InChI is InChI=1S/C17H15Cl2F3N2O2/c1-24(10-11-6-7-13(18)14(19)8-11)16(25)23-9-12-4-2-3-5-15(12)26-17(20,21)22/h2-8H,9-10H2,1H3,(H,23,25). The monoisotopic (exact) mass is 406 g/mol. The fourth-order valence-electron chi connectivity index (χ4n) is 2.16. The molecule has 0 radical (unpaired) electrons. The van der Waals surface area contributed by atoms with Gasteiger partial charge in [-0.2, -0.15) is 0 Å². The van der Waals surface area contributed by atoms with E-state index in [2.05, 4.69) is 10.1 Å². The summed E-state index contributed by atoms with van der Waals surface area (Å²) in [6, 6.07) is 10.1. The molecule has 0 aliphatic rings. The average Bonchev–Trinajstić information content (AvgIpc) is 2.55. The topological polar surface area (TPSA) is 41.6 Å². The summed E-state index contributed by atoms with van der Waals surface area (Å²) in [7, 11) is 1.55. The van der Waals surface area contributed by atoms with Gasteiger partial charge in [-0.25, -0.2) is 4.79 Å². The number of alkyl halides is 3. The molecule has 4 nitrogen and oxygen atoms in total. The van der Waals surface area contributed by atoms with E-state index >= 15 is 0 Å². The molecule has 26 heavy (non-hydrogen) atoms. The molecule has 0 heterocycles. The summed E-state index contributed by atoms with van der Waals surface area (Å²) in [5.74, 6) is -0.354. The van der Waals surface area contributed by atoms with Gasteiger partial charge in [0.1, 0.15) is 5.75 Å². The molecule has 0 spiro atoms. The third kappa shape index (κ3) is 6.00. The average molecular weight is 407 g/mol. The molecular weight excluding hydrogens is 392 g/mol. The van der Waals surface area contributed by atoms with Crippen molar-refractivity contribution in [1.29, 1.82) is 0 Å². The van der Waals surface area contributed by atoms with Gasteiger partial charge in [0.15, 0.2) is 0 Å². The van der Waals surface area contributed by atoms with Gasteiger partial charge >= 0.3 is 12.4 Å². The van der Waals surface area contributed by atoms with Gasteiger partial charge in [-0.3, -0.25) is 0 Å². The molecule has 0 saturated carbocycles. The zero-order valence-corrected chi connectivity index (χ0v) is 15.1. The van der Waals surface area contributed by atoms with Crippen molar-refractivity contribution < 1.29 is 22.7 Å². The van der Waals surface area contributed by atoms with Crippen LogP contribution in [-0.4, -0.2) is 24.3 Å². The van der Waals surface area contributed by atoms with E-state index in [-0.39, 0.29) is 24.4 Å². The minimum absolute atomic E-state index is 0.114. The van der Waals surface area contributed by atoms with Crippen molar-refractivity contribution in [3.8, 4) is 5.75 Å². The Bertz CT molecular complexity index is 785. The van der Waals surface area contributed by atoms with Gasteiger partial charge in [-0.05, 0) is 23.8 Å². The lowest BCUT2D eigenvalue weighted by Crippen LogP contribution is -2.36. The van der Waals surface area contributed by atoms with Crippen molar-refractivity contribution in [3.63, 3.8) is 0 Å². The van der Waals surface area contributed by atoms with E-state index in [0.29, 0.717) is 10.0 Å². The van der Waals surface area contributed by atoms with Crippen LogP contribution in [-0.2, 0) is 13.1 Å². The van der Waals surface area contributed by atoms with E-state index in [4.69, 9.17) is 23.2 Å². The van der Waals surface area contributed by atoms with Gasteiger partial charge in [0.05, 0.1) is 10.0 Å². The van der Waals surface area contributed by atoms with Crippen molar-refractivity contribution in [2.45, 2.75) is 19.5 Å². The number of nitrogens with one attached hydrogen (secondary N) is 1. The Labute approximate surface area is 158 Å². The van der Waals surface area contributed by atoms with Crippen molar-refractivity contribution >= 4 is 29.2 Å². The quantitative estimate of drug-likeness (QED) is 0.737. The van der Waals surface area contributed by atoms with E-state index in [9.17, 15) is 18.0 Å². The number of hydrogen-bond donors (Lipinski definition) is 1. The number of para-hydroxylation sites is 1. The summed E-state index contributed by atoms with van der Waals surface area (Å²) in [5.41, 5.74) is 0.971. The van der Waals surface area contributed by atoms with Gasteiger partial charge in [0.25, 0.3) is 0 Å². The van der Waals surface area contributed by atoms with Crippen LogP contribution in [0, 0.1) is 0 Å². The molecule has 2 aromatic rings. The van der Waals surface area contributed by atoms with Crippen LogP contribution in [0.1, 0.15) is 11.1 Å². The molecule has 2 rings (SSSR count). The number of nitrogens with zero attached hydrogens (tertiary/aromatic N) is 1. The highest BCUT2D eigenvalue weighted by Gasteiger charge is 2.32. The first kappa shape index (κ1) is 20.2. The summed E-state index contributed by atoms with van der Waals surface area (Å²) < 4.78 is 41.2. The zero-order chi connectivity index (χ0) is 19.3. The number of amides is 2. The summed E-state index contributed by atoms with van der Waals surface area (Å²) in [6.45, 7) is 0.139. The number of rotatable bonds is 5. The molecule has 0 aliphatic heterocycles. The van der Waals surface area contributed by atoms with Crippen LogP contribution in [0.5, 0.6) is 5.75 Å². The largest absolute Gasteiger partial charge is 0.573 e. The van der Waals surface area contributed by atoms with Crippen LogP contribution in [0.15, 0.2) is 42.5 Å². The second-order valence-electron chi connectivity index (χ2n) is 5.42. The maximum Gasteiger partial charge on any atom is 0.573 e. The molecule has 1 N–H and O–H groups in total. The molecule has 0 unspecified atom stereocenters.